The van der Waals surface area contributed by atoms with E-state index in [1.165, 1.54) is 19.3 Å². The van der Waals surface area contributed by atoms with Crippen molar-refractivity contribution in [3.05, 3.63) is 12.2 Å². The van der Waals surface area contributed by atoms with Crippen molar-refractivity contribution in [3.63, 3.8) is 0 Å². The molecule has 17 heavy (non-hydrogen) atoms. The molecule has 0 aromatic rings. The Labute approximate surface area is 102 Å². The highest BCUT2D eigenvalue weighted by atomic mass is 16.5. The van der Waals surface area contributed by atoms with E-state index in [-0.39, 0.29) is 0 Å². The Kier molecular flexibility index (Phi) is 7.11. The van der Waals surface area contributed by atoms with Crippen LogP contribution in [0.5, 0.6) is 0 Å². The van der Waals surface area contributed by atoms with Crippen molar-refractivity contribution >= 4 is 11.9 Å². The maximum absolute atomic E-state index is 11.1. The molecule has 0 saturated heterocycles. The molecule has 0 radical (unpaired) electrons. The molecule has 1 rings (SSSR count). The smallest absolute Gasteiger partial charge is 0.331 e. The van der Waals surface area contributed by atoms with Gasteiger partial charge in [-0.1, -0.05) is 32.1 Å². The van der Waals surface area contributed by atoms with Gasteiger partial charge in [0.05, 0.1) is 13.2 Å². The number of hydrogen-bond acceptors (Lipinski definition) is 4. The van der Waals surface area contributed by atoms with E-state index in [1.54, 1.807) is 0 Å². The second kappa shape index (κ2) is 8.79. The van der Waals surface area contributed by atoms with E-state index in [1.807, 2.05) is 0 Å². The number of esters is 2. The Bertz CT molecular complexity index is 245. The zero-order valence-corrected chi connectivity index (χ0v) is 10.2. The molecular formula is C13H20O4. The number of rotatable bonds is 0. The lowest BCUT2D eigenvalue weighted by Gasteiger charge is -2.02. The number of ether oxygens (including phenoxy) is 2. The molecule has 0 spiro atoms. The third-order valence-electron chi connectivity index (χ3n) is 2.63. The van der Waals surface area contributed by atoms with Crippen molar-refractivity contribution in [2.24, 2.45) is 0 Å². The zero-order valence-electron chi connectivity index (χ0n) is 10.2. The fourth-order valence-electron chi connectivity index (χ4n) is 1.67. The molecule has 0 aromatic carbocycles. The predicted octanol–water partition coefficient (Wildman–Crippen LogP) is 2.37. The monoisotopic (exact) mass is 240 g/mol. The minimum absolute atomic E-state index is 0.429. The first-order valence-electron chi connectivity index (χ1n) is 6.30. The van der Waals surface area contributed by atoms with Crippen molar-refractivity contribution < 1.29 is 19.1 Å². The lowest BCUT2D eigenvalue weighted by molar-refractivity contribution is -0.140. The van der Waals surface area contributed by atoms with Crippen LogP contribution in [-0.2, 0) is 19.1 Å². The van der Waals surface area contributed by atoms with Crippen molar-refractivity contribution in [2.45, 2.75) is 44.9 Å². The molecule has 0 aromatic heterocycles. The molecule has 0 saturated carbocycles. The summed E-state index contributed by atoms with van der Waals surface area (Å²) in [6, 6.07) is 0. The van der Waals surface area contributed by atoms with E-state index < -0.39 is 11.9 Å². The van der Waals surface area contributed by atoms with Crippen LogP contribution in [0.2, 0.25) is 0 Å². The number of hydrogen-bond donors (Lipinski definition) is 0. The molecule has 0 unspecified atom stereocenters. The van der Waals surface area contributed by atoms with Crippen LogP contribution < -0.4 is 0 Å². The summed E-state index contributed by atoms with van der Waals surface area (Å²) in [6.07, 6.45) is 9.76. The molecule has 4 heteroatoms. The van der Waals surface area contributed by atoms with Gasteiger partial charge < -0.3 is 9.47 Å². The van der Waals surface area contributed by atoms with Gasteiger partial charge in [0.2, 0.25) is 0 Å². The van der Waals surface area contributed by atoms with Crippen LogP contribution in [0.4, 0.5) is 0 Å². The highest BCUT2D eigenvalue weighted by Crippen LogP contribution is 2.08. The minimum atomic E-state index is -0.475. The first-order chi connectivity index (χ1) is 8.29. The van der Waals surface area contributed by atoms with Crippen LogP contribution in [-0.4, -0.2) is 25.2 Å². The Morgan fingerprint density at radius 1 is 0.647 bits per heavy atom. The van der Waals surface area contributed by atoms with Gasteiger partial charge in [-0.05, 0) is 12.8 Å². The van der Waals surface area contributed by atoms with E-state index in [2.05, 4.69) is 0 Å². The number of cyclic esters (lactones) is 2. The van der Waals surface area contributed by atoms with Crippen molar-refractivity contribution in [2.75, 3.05) is 13.2 Å². The fourth-order valence-corrected chi connectivity index (χ4v) is 1.67. The molecular weight excluding hydrogens is 220 g/mol. The number of carbonyl (C=O) groups excluding carboxylic acids is 2. The summed E-state index contributed by atoms with van der Waals surface area (Å²) < 4.78 is 9.87. The van der Waals surface area contributed by atoms with Crippen LogP contribution in [0.25, 0.3) is 0 Å². The van der Waals surface area contributed by atoms with Gasteiger partial charge in [-0.2, -0.15) is 0 Å². The molecule has 4 nitrogen and oxygen atoms in total. The summed E-state index contributed by atoms with van der Waals surface area (Å²) in [5.41, 5.74) is 0. The first-order valence-corrected chi connectivity index (χ1v) is 6.30. The summed E-state index contributed by atoms with van der Waals surface area (Å²) in [4.78, 5) is 22.3. The van der Waals surface area contributed by atoms with Gasteiger partial charge in [0.25, 0.3) is 0 Å². The molecule has 1 aliphatic rings. The molecule has 0 amide bonds. The Balaban J connectivity index is 2.34. The predicted molar refractivity (Wildman–Crippen MR) is 63.4 cm³/mol. The highest BCUT2D eigenvalue weighted by Gasteiger charge is 2.02. The van der Waals surface area contributed by atoms with Crippen LogP contribution in [0.3, 0.4) is 0 Å². The Morgan fingerprint density at radius 2 is 1.00 bits per heavy atom. The third-order valence-corrected chi connectivity index (χ3v) is 2.63. The second-order valence-corrected chi connectivity index (χ2v) is 4.14. The van der Waals surface area contributed by atoms with E-state index in [9.17, 15) is 9.59 Å². The van der Waals surface area contributed by atoms with Crippen LogP contribution >= 0.6 is 0 Å². The Morgan fingerprint density at radius 3 is 1.41 bits per heavy atom. The lowest BCUT2D eigenvalue weighted by atomic mass is 10.1. The highest BCUT2D eigenvalue weighted by molar-refractivity contribution is 5.91. The molecule has 0 aliphatic carbocycles. The summed E-state index contributed by atoms with van der Waals surface area (Å²) in [5.74, 6) is -0.950. The van der Waals surface area contributed by atoms with Crippen molar-refractivity contribution in [1.82, 2.24) is 0 Å². The summed E-state index contributed by atoms with van der Waals surface area (Å²) >= 11 is 0. The standard InChI is InChI=1S/C13H20O4/c14-12-8-9-13(15)17-11-7-5-3-1-2-4-6-10-16-12/h8-9H,1-7,10-11H2. The van der Waals surface area contributed by atoms with E-state index in [0.717, 1.165) is 37.8 Å². The van der Waals surface area contributed by atoms with Gasteiger partial charge in [-0.3, -0.25) is 0 Å². The summed E-state index contributed by atoms with van der Waals surface area (Å²) in [6.45, 7) is 0.858. The maximum atomic E-state index is 11.1. The maximum Gasteiger partial charge on any atom is 0.331 e. The van der Waals surface area contributed by atoms with Crippen molar-refractivity contribution in [1.29, 1.82) is 0 Å². The van der Waals surface area contributed by atoms with Gasteiger partial charge in [0, 0.05) is 12.2 Å². The molecule has 0 atom stereocenters. The molecule has 0 N–H and O–H groups in total. The van der Waals surface area contributed by atoms with Gasteiger partial charge >= 0.3 is 11.9 Å². The van der Waals surface area contributed by atoms with E-state index in [4.69, 9.17) is 9.47 Å². The average Bonchev–Trinajstić information content (AvgIpc) is 2.33. The normalized spacial score (nSPS) is 20.9. The van der Waals surface area contributed by atoms with E-state index >= 15 is 0 Å². The average molecular weight is 240 g/mol. The quantitative estimate of drug-likeness (QED) is 0.610. The number of carbonyl (C=O) groups is 2. The van der Waals surface area contributed by atoms with Crippen LogP contribution in [0.15, 0.2) is 12.2 Å². The van der Waals surface area contributed by atoms with Gasteiger partial charge in [0.1, 0.15) is 0 Å². The lowest BCUT2D eigenvalue weighted by Crippen LogP contribution is -2.05. The molecule has 96 valence electrons. The SMILES string of the molecule is O=C1C=CC(=O)OCCCCCCCCCO1. The molecule has 1 heterocycles. The second-order valence-electron chi connectivity index (χ2n) is 4.14. The van der Waals surface area contributed by atoms with Crippen LogP contribution in [0, 0.1) is 0 Å². The van der Waals surface area contributed by atoms with E-state index in [0.29, 0.717) is 13.2 Å². The zero-order chi connectivity index (χ0) is 12.3. The third kappa shape index (κ3) is 7.55. The Hall–Kier alpha value is -1.32. The van der Waals surface area contributed by atoms with Crippen molar-refractivity contribution in [3.8, 4) is 0 Å². The molecule has 0 bridgehead atoms. The van der Waals surface area contributed by atoms with Gasteiger partial charge in [-0.15, -0.1) is 0 Å². The first kappa shape index (κ1) is 13.7. The topological polar surface area (TPSA) is 52.6 Å². The van der Waals surface area contributed by atoms with Gasteiger partial charge in [-0.25, -0.2) is 9.59 Å². The summed E-state index contributed by atoms with van der Waals surface area (Å²) in [7, 11) is 0. The van der Waals surface area contributed by atoms with Gasteiger partial charge in [0.15, 0.2) is 0 Å². The molecule has 0 fully saturated rings. The minimum Gasteiger partial charge on any atom is -0.463 e. The fraction of sp³-hybridized carbons (Fsp3) is 0.692. The molecule has 1 aliphatic heterocycles. The largest absolute Gasteiger partial charge is 0.463 e. The van der Waals surface area contributed by atoms with Crippen LogP contribution in [0.1, 0.15) is 44.9 Å². The summed E-state index contributed by atoms with van der Waals surface area (Å²) in [5, 5.41) is 0.